The highest BCUT2D eigenvalue weighted by Gasteiger charge is 2.17. The first-order chi connectivity index (χ1) is 9.42. The van der Waals surface area contributed by atoms with Crippen molar-refractivity contribution in [1.29, 1.82) is 0 Å². The van der Waals surface area contributed by atoms with Crippen LogP contribution >= 0.6 is 11.3 Å². The van der Waals surface area contributed by atoms with Crippen LogP contribution in [0.1, 0.15) is 10.4 Å². The molecule has 4 nitrogen and oxygen atoms in total. The second-order valence-electron chi connectivity index (χ2n) is 3.99. The van der Waals surface area contributed by atoms with Crippen molar-refractivity contribution in [3.05, 3.63) is 52.4 Å². The molecule has 0 radical (unpaired) electrons. The molecule has 0 bridgehead atoms. The molecule has 0 saturated carbocycles. The van der Waals surface area contributed by atoms with Gasteiger partial charge in [-0.2, -0.15) is 0 Å². The van der Waals surface area contributed by atoms with E-state index in [4.69, 9.17) is 5.73 Å². The second kappa shape index (κ2) is 5.96. The highest BCUT2D eigenvalue weighted by Crippen LogP contribution is 2.21. The van der Waals surface area contributed by atoms with E-state index < -0.39 is 21.7 Å². The summed E-state index contributed by atoms with van der Waals surface area (Å²) in [6, 6.07) is 6.05. The molecule has 1 aromatic heterocycles. The summed E-state index contributed by atoms with van der Waals surface area (Å²) in [7, 11) is -3.72. The molecule has 108 valence electrons. The Labute approximate surface area is 119 Å². The van der Waals surface area contributed by atoms with Gasteiger partial charge in [-0.1, -0.05) is 6.07 Å². The summed E-state index contributed by atoms with van der Waals surface area (Å²) in [6.45, 7) is 0.0110. The topological polar surface area (TPSA) is 72.2 Å². The molecule has 0 spiro atoms. The summed E-state index contributed by atoms with van der Waals surface area (Å²) in [4.78, 5) is 0.735. The van der Waals surface area contributed by atoms with Crippen LogP contribution in [0.25, 0.3) is 0 Å². The van der Waals surface area contributed by atoms with Crippen molar-refractivity contribution in [3.8, 4) is 0 Å². The number of benzene rings is 1. The third kappa shape index (κ3) is 3.40. The first-order valence-electron chi connectivity index (χ1n) is 5.65. The number of hydrogen-bond acceptors (Lipinski definition) is 4. The molecule has 0 aliphatic carbocycles. The first-order valence-corrected chi connectivity index (χ1v) is 7.95. The Morgan fingerprint density at radius 2 is 1.95 bits per heavy atom. The van der Waals surface area contributed by atoms with Gasteiger partial charge in [-0.15, -0.1) is 11.3 Å². The van der Waals surface area contributed by atoms with Crippen LogP contribution in [0.3, 0.4) is 0 Å². The fourth-order valence-electron chi connectivity index (χ4n) is 1.52. The number of nitrogens with two attached hydrogens (primary N) is 1. The average Bonchev–Trinajstić information content (AvgIpc) is 2.87. The average molecular weight is 318 g/mol. The number of rotatable bonds is 5. The minimum absolute atomic E-state index is 0.0746. The van der Waals surface area contributed by atoms with Gasteiger partial charge in [0.25, 0.3) is 0 Å². The largest absolute Gasteiger partial charge is 0.326 e. The van der Waals surface area contributed by atoms with Crippen molar-refractivity contribution < 1.29 is 17.2 Å². The molecule has 2 rings (SSSR count). The van der Waals surface area contributed by atoms with Crippen molar-refractivity contribution >= 4 is 21.4 Å². The molecule has 0 amide bonds. The molecule has 0 aliphatic heterocycles. The van der Waals surface area contributed by atoms with Crippen LogP contribution < -0.4 is 10.5 Å². The van der Waals surface area contributed by atoms with Gasteiger partial charge in [0.05, 0.1) is 0 Å². The lowest BCUT2D eigenvalue weighted by Gasteiger charge is -2.06. The Hall–Kier alpha value is -1.35. The molecule has 1 aromatic carbocycles. The molecule has 0 aliphatic rings. The molecule has 0 saturated heterocycles. The van der Waals surface area contributed by atoms with Gasteiger partial charge in [0, 0.05) is 29.6 Å². The predicted molar refractivity (Wildman–Crippen MR) is 72.6 cm³/mol. The third-order valence-electron chi connectivity index (χ3n) is 2.57. The number of hydrogen-bond donors (Lipinski definition) is 2. The highest BCUT2D eigenvalue weighted by atomic mass is 32.2. The maximum absolute atomic E-state index is 13.4. The van der Waals surface area contributed by atoms with E-state index in [9.17, 15) is 17.2 Å². The van der Waals surface area contributed by atoms with Crippen molar-refractivity contribution in [2.24, 2.45) is 5.73 Å². The van der Waals surface area contributed by atoms with Crippen LogP contribution in [0, 0.1) is 11.6 Å². The Bertz CT molecular complexity index is 714. The van der Waals surface area contributed by atoms with E-state index in [0.29, 0.717) is 6.07 Å². The number of sulfonamides is 1. The highest BCUT2D eigenvalue weighted by molar-refractivity contribution is 7.91. The zero-order valence-electron chi connectivity index (χ0n) is 10.3. The zero-order valence-corrected chi connectivity index (χ0v) is 11.9. The van der Waals surface area contributed by atoms with E-state index in [2.05, 4.69) is 4.72 Å². The molecule has 0 fully saturated rings. The fourth-order valence-corrected chi connectivity index (χ4v) is 3.81. The molecule has 0 unspecified atom stereocenters. The van der Waals surface area contributed by atoms with Crippen LogP contribution in [-0.4, -0.2) is 8.42 Å². The van der Waals surface area contributed by atoms with Crippen molar-refractivity contribution in [1.82, 2.24) is 4.72 Å². The van der Waals surface area contributed by atoms with Crippen LogP contribution in [0.4, 0.5) is 8.78 Å². The normalized spacial score (nSPS) is 11.8. The van der Waals surface area contributed by atoms with Crippen LogP contribution in [-0.2, 0) is 23.1 Å². The van der Waals surface area contributed by atoms with E-state index >= 15 is 0 Å². The molecule has 2 aromatic rings. The molecule has 1 heterocycles. The smallest absolute Gasteiger partial charge is 0.250 e. The summed E-state index contributed by atoms with van der Waals surface area (Å²) in [5.41, 5.74) is 5.49. The van der Waals surface area contributed by atoms with Gasteiger partial charge in [0.1, 0.15) is 15.8 Å². The summed E-state index contributed by atoms with van der Waals surface area (Å²) < 4.78 is 52.5. The van der Waals surface area contributed by atoms with E-state index in [1.165, 1.54) is 12.1 Å². The monoisotopic (exact) mass is 318 g/mol. The summed E-state index contributed by atoms with van der Waals surface area (Å²) in [5, 5.41) is 0. The Morgan fingerprint density at radius 3 is 2.55 bits per heavy atom. The zero-order chi connectivity index (χ0) is 14.8. The number of thiophene rings is 1. The molecule has 8 heteroatoms. The fraction of sp³-hybridized carbons (Fsp3) is 0.167. The molecular weight excluding hydrogens is 306 g/mol. The lowest BCUT2D eigenvalue weighted by molar-refractivity contribution is 0.563. The number of halogens is 2. The molecule has 0 atom stereocenters. The van der Waals surface area contributed by atoms with Crippen molar-refractivity contribution in [3.63, 3.8) is 0 Å². The first kappa shape index (κ1) is 15.0. The third-order valence-corrected chi connectivity index (χ3v) is 5.57. The van der Waals surface area contributed by atoms with Gasteiger partial charge in [-0.25, -0.2) is 21.9 Å². The van der Waals surface area contributed by atoms with Gasteiger partial charge < -0.3 is 5.73 Å². The van der Waals surface area contributed by atoms with Gasteiger partial charge >= 0.3 is 0 Å². The van der Waals surface area contributed by atoms with E-state index in [-0.39, 0.29) is 22.9 Å². The van der Waals surface area contributed by atoms with Crippen LogP contribution in [0.15, 0.2) is 34.5 Å². The molecule has 3 N–H and O–H groups in total. The summed E-state index contributed by atoms with van der Waals surface area (Å²) in [5.74, 6) is -1.50. The minimum Gasteiger partial charge on any atom is -0.326 e. The summed E-state index contributed by atoms with van der Waals surface area (Å²) in [6.07, 6.45) is 0. The standard InChI is InChI=1S/C12H12F2N2O2S2/c13-9-2-1-8(11(14)5-9)7-16-20(17,18)12-4-3-10(6-15)19-12/h1-5,16H,6-7,15H2. The SMILES string of the molecule is NCc1ccc(S(=O)(=O)NCc2ccc(F)cc2F)s1. The number of nitrogens with one attached hydrogen (secondary N) is 1. The Balaban J connectivity index is 2.13. The van der Waals surface area contributed by atoms with Gasteiger partial charge in [-0.3, -0.25) is 0 Å². The van der Waals surface area contributed by atoms with Gasteiger partial charge in [0.15, 0.2) is 0 Å². The minimum atomic E-state index is -3.72. The van der Waals surface area contributed by atoms with E-state index in [0.717, 1.165) is 22.3 Å². The second-order valence-corrected chi connectivity index (χ2v) is 7.15. The van der Waals surface area contributed by atoms with Gasteiger partial charge in [0.2, 0.25) is 10.0 Å². The predicted octanol–water partition coefficient (Wildman–Crippen LogP) is 1.96. The molecular formula is C12H12F2N2O2S2. The molecule has 20 heavy (non-hydrogen) atoms. The van der Waals surface area contributed by atoms with Crippen LogP contribution in [0.2, 0.25) is 0 Å². The van der Waals surface area contributed by atoms with E-state index in [1.807, 2.05) is 0 Å². The van der Waals surface area contributed by atoms with E-state index in [1.54, 1.807) is 6.07 Å². The maximum atomic E-state index is 13.4. The quantitative estimate of drug-likeness (QED) is 0.885. The van der Waals surface area contributed by atoms with Crippen molar-refractivity contribution in [2.45, 2.75) is 17.3 Å². The lowest BCUT2D eigenvalue weighted by Crippen LogP contribution is -2.23. The van der Waals surface area contributed by atoms with Gasteiger partial charge in [-0.05, 0) is 18.2 Å². The van der Waals surface area contributed by atoms with Crippen molar-refractivity contribution in [2.75, 3.05) is 0 Å². The Morgan fingerprint density at radius 1 is 1.20 bits per heavy atom. The summed E-state index contributed by atoms with van der Waals surface area (Å²) >= 11 is 1.05. The van der Waals surface area contributed by atoms with Crippen LogP contribution in [0.5, 0.6) is 0 Å². The Kier molecular flexibility index (Phi) is 4.48. The lowest BCUT2D eigenvalue weighted by atomic mass is 10.2. The maximum Gasteiger partial charge on any atom is 0.250 e.